The van der Waals surface area contributed by atoms with Crippen LogP contribution in [0.3, 0.4) is 0 Å². The van der Waals surface area contributed by atoms with Crippen molar-refractivity contribution >= 4 is 39.5 Å². The molecule has 0 saturated heterocycles. The maximum absolute atomic E-state index is 12.7. The zero-order valence-corrected chi connectivity index (χ0v) is 12.0. The zero-order valence-electron chi connectivity index (χ0n) is 10.4. The van der Waals surface area contributed by atoms with Gasteiger partial charge < -0.3 is 5.32 Å². The Morgan fingerprint density at radius 2 is 2.09 bits per heavy atom. The van der Waals surface area contributed by atoms with Crippen LogP contribution in [-0.2, 0) is 6.18 Å². The van der Waals surface area contributed by atoms with Crippen LogP contribution in [0.5, 0.6) is 0 Å². The molecule has 114 valence electrons. The quantitative estimate of drug-likeness (QED) is 0.773. The van der Waals surface area contributed by atoms with Crippen molar-refractivity contribution in [3.8, 4) is 0 Å². The number of benzene rings is 1. The molecule has 0 radical (unpaired) electrons. The summed E-state index contributed by atoms with van der Waals surface area (Å²) in [5.74, 6) is -1.94. The minimum absolute atomic E-state index is 0.122. The largest absolute Gasteiger partial charge is 0.453 e. The molecule has 6 nitrogen and oxygen atoms in total. The van der Waals surface area contributed by atoms with Gasteiger partial charge in [0.05, 0.1) is 0 Å². The predicted octanol–water partition coefficient (Wildman–Crippen LogP) is 3.11. The number of halogens is 4. The molecule has 0 aliphatic carbocycles. The Bertz CT molecular complexity index is 859. The Balaban J connectivity index is 1.90. The molecule has 1 N–H and O–H groups in total. The van der Waals surface area contributed by atoms with E-state index in [0.717, 1.165) is 0 Å². The molecule has 11 heteroatoms. The molecule has 22 heavy (non-hydrogen) atoms. The summed E-state index contributed by atoms with van der Waals surface area (Å²) in [6.07, 6.45) is -4.70. The highest BCUT2D eigenvalue weighted by atomic mass is 35.5. The van der Waals surface area contributed by atoms with E-state index in [1.165, 1.54) is 6.07 Å². The Hall–Kier alpha value is -2.20. The number of hydrogen-bond donors (Lipinski definition) is 1. The van der Waals surface area contributed by atoms with Crippen molar-refractivity contribution in [1.82, 2.24) is 19.8 Å². The molecule has 1 amide bonds. The van der Waals surface area contributed by atoms with Crippen LogP contribution in [0, 0.1) is 0 Å². The van der Waals surface area contributed by atoms with E-state index < -0.39 is 17.9 Å². The summed E-state index contributed by atoms with van der Waals surface area (Å²) in [6.45, 7) is 0. The molecule has 2 heterocycles. The molecule has 0 fully saturated rings. The molecule has 0 aliphatic heterocycles. The van der Waals surface area contributed by atoms with Gasteiger partial charge >= 0.3 is 6.18 Å². The summed E-state index contributed by atoms with van der Waals surface area (Å²) in [5, 5.41) is 12.7. The van der Waals surface area contributed by atoms with Crippen molar-refractivity contribution in [2.45, 2.75) is 6.18 Å². The monoisotopic (exact) mass is 347 g/mol. The highest BCUT2D eigenvalue weighted by Crippen LogP contribution is 2.29. The van der Waals surface area contributed by atoms with Gasteiger partial charge in [-0.15, -0.1) is 15.3 Å². The smallest absolute Gasteiger partial charge is 0.320 e. The number of rotatable bonds is 2. The number of nitrogens with one attached hydrogen (secondary N) is 1. The lowest BCUT2D eigenvalue weighted by molar-refractivity contribution is -0.146. The summed E-state index contributed by atoms with van der Waals surface area (Å²) < 4.78 is 38.5. The molecule has 1 aromatic carbocycles. The Labute approximate surface area is 129 Å². The predicted molar refractivity (Wildman–Crippen MR) is 73.1 cm³/mol. The Morgan fingerprint density at radius 1 is 1.32 bits per heavy atom. The number of hydrogen-bond acceptors (Lipinski definition) is 5. The SMILES string of the molecule is O=C(Nc1cccc(Cl)c1)c1nn2c(C(F)(F)F)nnc2s1. The van der Waals surface area contributed by atoms with Crippen LogP contribution in [-0.4, -0.2) is 25.7 Å². The summed E-state index contributed by atoms with van der Waals surface area (Å²) in [6, 6.07) is 6.33. The minimum Gasteiger partial charge on any atom is -0.320 e. The first-order chi connectivity index (χ1) is 10.3. The average Bonchev–Trinajstić information content (AvgIpc) is 2.96. The summed E-state index contributed by atoms with van der Waals surface area (Å²) >= 11 is 6.48. The number of alkyl halides is 3. The van der Waals surface area contributed by atoms with Crippen LogP contribution in [0.25, 0.3) is 4.96 Å². The Kier molecular flexibility index (Phi) is 3.49. The highest BCUT2D eigenvalue weighted by molar-refractivity contribution is 7.18. The summed E-state index contributed by atoms with van der Waals surface area (Å²) in [5.41, 5.74) is 0.402. The molecular weight excluding hydrogens is 343 g/mol. The van der Waals surface area contributed by atoms with E-state index in [-0.39, 0.29) is 9.97 Å². The van der Waals surface area contributed by atoms with E-state index in [1.807, 2.05) is 0 Å². The third-order valence-corrected chi connectivity index (χ3v) is 3.65. The lowest BCUT2D eigenvalue weighted by Gasteiger charge is -2.03. The Morgan fingerprint density at radius 3 is 2.77 bits per heavy atom. The molecule has 3 aromatic rings. The summed E-state index contributed by atoms with van der Waals surface area (Å²) in [7, 11) is 0. The molecular formula is C11H5ClF3N5OS. The van der Waals surface area contributed by atoms with Gasteiger partial charge in [0, 0.05) is 10.7 Å². The fraction of sp³-hybridized carbons (Fsp3) is 0.0909. The van der Waals surface area contributed by atoms with Crippen molar-refractivity contribution in [2.24, 2.45) is 0 Å². The van der Waals surface area contributed by atoms with Gasteiger partial charge in [0.15, 0.2) is 0 Å². The number of carbonyl (C=O) groups is 1. The number of carbonyl (C=O) groups excluding carboxylic acids is 1. The molecule has 0 aliphatic rings. The second-order valence-electron chi connectivity index (χ2n) is 4.09. The normalized spacial score (nSPS) is 11.8. The van der Waals surface area contributed by atoms with Gasteiger partial charge in [0.1, 0.15) is 0 Å². The molecule has 0 spiro atoms. The molecule has 2 aromatic heterocycles. The average molecular weight is 348 g/mol. The van der Waals surface area contributed by atoms with Crippen molar-refractivity contribution in [3.05, 3.63) is 40.1 Å². The van der Waals surface area contributed by atoms with Crippen molar-refractivity contribution < 1.29 is 18.0 Å². The van der Waals surface area contributed by atoms with Gasteiger partial charge in [-0.1, -0.05) is 29.0 Å². The fourth-order valence-corrected chi connectivity index (χ4v) is 2.56. The van der Waals surface area contributed by atoms with Crippen LogP contribution in [0.2, 0.25) is 5.02 Å². The van der Waals surface area contributed by atoms with Crippen LogP contribution in [0.4, 0.5) is 18.9 Å². The standard InChI is InChI=1S/C11H5ClF3N5OS/c12-5-2-1-3-6(4-5)16-7(21)8-19-20-9(11(13,14)15)17-18-10(20)22-8/h1-4H,(H,16,21). The molecule has 0 saturated carbocycles. The van der Waals surface area contributed by atoms with Crippen LogP contribution >= 0.6 is 22.9 Å². The van der Waals surface area contributed by atoms with Gasteiger partial charge in [-0.2, -0.15) is 17.7 Å². The number of nitrogens with zero attached hydrogens (tertiary/aromatic N) is 4. The van der Waals surface area contributed by atoms with Crippen LogP contribution in [0.1, 0.15) is 15.6 Å². The second-order valence-corrected chi connectivity index (χ2v) is 5.48. The van der Waals surface area contributed by atoms with Gasteiger partial charge in [-0.3, -0.25) is 4.79 Å². The number of anilines is 1. The minimum atomic E-state index is -4.70. The zero-order chi connectivity index (χ0) is 15.9. The van der Waals surface area contributed by atoms with Crippen LogP contribution < -0.4 is 5.32 Å². The van der Waals surface area contributed by atoms with E-state index in [2.05, 4.69) is 20.6 Å². The van der Waals surface area contributed by atoms with E-state index in [4.69, 9.17) is 11.6 Å². The van der Waals surface area contributed by atoms with E-state index >= 15 is 0 Å². The van der Waals surface area contributed by atoms with Gasteiger partial charge in [0.25, 0.3) is 11.7 Å². The van der Waals surface area contributed by atoms with E-state index in [1.54, 1.807) is 18.2 Å². The van der Waals surface area contributed by atoms with Gasteiger partial charge in [0.2, 0.25) is 9.97 Å². The summed E-state index contributed by atoms with van der Waals surface area (Å²) in [4.78, 5) is 11.9. The molecule has 0 bridgehead atoms. The third-order valence-electron chi connectivity index (χ3n) is 2.52. The van der Waals surface area contributed by atoms with Gasteiger partial charge in [-0.25, -0.2) is 0 Å². The number of amides is 1. The molecule has 0 unspecified atom stereocenters. The maximum Gasteiger partial charge on any atom is 0.453 e. The van der Waals surface area contributed by atoms with Crippen molar-refractivity contribution in [2.75, 3.05) is 5.32 Å². The fourth-order valence-electron chi connectivity index (χ4n) is 1.64. The van der Waals surface area contributed by atoms with Gasteiger partial charge in [-0.05, 0) is 18.2 Å². The first kappa shape index (κ1) is 14.7. The number of aromatic nitrogens is 4. The van der Waals surface area contributed by atoms with Crippen LogP contribution in [0.15, 0.2) is 24.3 Å². The molecule has 0 atom stereocenters. The highest BCUT2D eigenvalue weighted by Gasteiger charge is 2.38. The van der Waals surface area contributed by atoms with Crippen molar-refractivity contribution in [3.63, 3.8) is 0 Å². The first-order valence-corrected chi connectivity index (χ1v) is 6.90. The number of fused-ring (bicyclic) bond motifs is 1. The van der Waals surface area contributed by atoms with E-state index in [9.17, 15) is 18.0 Å². The first-order valence-electron chi connectivity index (χ1n) is 5.71. The van der Waals surface area contributed by atoms with Crippen molar-refractivity contribution in [1.29, 1.82) is 0 Å². The maximum atomic E-state index is 12.7. The van der Waals surface area contributed by atoms with E-state index in [0.29, 0.717) is 26.6 Å². The topological polar surface area (TPSA) is 72.2 Å². The third kappa shape index (κ3) is 2.74. The molecule has 3 rings (SSSR count). The lowest BCUT2D eigenvalue weighted by atomic mass is 10.3. The second kappa shape index (κ2) is 5.21. The lowest BCUT2D eigenvalue weighted by Crippen LogP contribution is -2.14.